The van der Waals surface area contributed by atoms with Crippen LogP contribution in [0.1, 0.15) is 62.5 Å². The minimum Gasteiger partial charge on any atom is -0.495 e. The van der Waals surface area contributed by atoms with Gasteiger partial charge in [-0.1, -0.05) is 20.3 Å². The number of hydrogen-bond donors (Lipinski definition) is 2. The van der Waals surface area contributed by atoms with Gasteiger partial charge in [0.25, 0.3) is 5.91 Å². The van der Waals surface area contributed by atoms with Crippen molar-refractivity contribution in [3.05, 3.63) is 40.1 Å². The van der Waals surface area contributed by atoms with Crippen molar-refractivity contribution in [2.45, 2.75) is 52.9 Å². The molecule has 2 aromatic rings. The molecule has 0 aliphatic heterocycles. The van der Waals surface area contributed by atoms with Crippen molar-refractivity contribution in [2.24, 2.45) is 11.8 Å². The highest BCUT2D eigenvalue weighted by molar-refractivity contribution is 9.10. The molecule has 1 aromatic heterocycles. The standard InChI is InChI=1S/C26H36BrN5O3.CH4/c1-17(33)13-18-7-5-6-8-19(18)14-23-21(27)16-29-26(31-23)30-22-10-9-20(15-24(22)35-4)25(34)28-11-12-32(2)3;/h9-10,15-16,18-19H,5-8,11-14H2,1-4H3,(H,28,34)(H,29,30,31);1H4/t18-,19-;/m0./s1. The molecular weight excluding hydrogens is 522 g/mol. The normalized spacial score (nSPS) is 17.3. The zero-order chi connectivity index (χ0) is 25.4. The van der Waals surface area contributed by atoms with Gasteiger partial charge in [0.15, 0.2) is 0 Å². The molecule has 2 N–H and O–H groups in total. The van der Waals surface area contributed by atoms with Crippen LogP contribution in [0, 0.1) is 11.8 Å². The van der Waals surface area contributed by atoms with E-state index in [2.05, 4.69) is 31.5 Å². The molecule has 1 fully saturated rings. The summed E-state index contributed by atoms with van der Waals surface area (Å²) in [5.41, 5.74) is 2.13. The lowest BCUT2D eigenvalue weighted by Crippen LogP contribution is -2.31. The van der Waals surface area contributed by atoms with E-state index in [9.17, 15) is 9.59 Å². The number of anilines is 2. The number of carbonyl (C=O) groups excluding carboxylic acids is 2. The second-order valence-electron chi connectivity index (χ2n) is 9.50. The van der Waals surface area contributed by atoms with Crippen molar-refractivity contribution in [3.63, 3.8) is 0 Å². The van der Waals surface area contributed by atoms with E-state index in [1.165, 1.54) is 12.8 Å². The number of ketones is 1. The molecule has 1 aliphatic rings. The summed E-state index contributed by atoms with van der Waals surface area (Å²) in [5.74, 6) is 1.96. The fourth-order valence-corrected chi connectivity index (χ4v) is 4.95. The molecule has 0 radical (unpaired) electrons. The van der Waals surface area contributed by atoms with Gasteiger partial charge in [-0.3, -0.25) is 4.79 Å². The molecule has 0 unspecified atom stereocenters. The summed E-state index contributed by atoms with van der Waals surface area (Å²) in [6.07, 6.45) is 7.80. The number of likely N-dealkylation sites (N-methyl/N-ethyl adjacent to an activating group) is 1. The van der Waals surface area contributed by atoms with Gasteiger partial charge < -0.3 is 25.1 Å². The molecule has 0 spiro atoms. The van der Waals surface area contributed by atoms with Gasteiger partial charge in [-0.15, -0.1) is 0 Å². The summed E-state index contributed by atoms with van der Waals surface area (Å²) in [6, 6.07) is 5.26. The average molecular weight is 563 g/mol. The number of carbonyl (C=O) groups is 2. The minimum absolute atomic E-state index is 0. The van der Waals surface area contributed by atoms with Crippen LogP contribution in [0.4, 0.5) is 11.6 Å². The third-order valence-corrected chi connectivity index (χ3v) is 7.11. The Balaban J connectivity index is 0.00000456. The predicted molar refractivity (Wildman–Crippen MR) is 148 cm³/mol. The third-order valence-electron chi connectivity index (χ3n) is 6.44. The Bertz CT molecular complexity index is 1030. The smallest absolute Gasteiger partial charge is 0.251 e. The van der Waals surface area contributed by atoms with Gasteiger partial charge in [0.05, 0.1) is 23.0 Å². The topological polar surface area (TPSA) is 96.5 Å². The first-order valence-corrected chi connectivity index (χ1v) is 12.9. The van der Waals surface area contributed by atoms with Gasteiger partial charge in [-0.2, -0.15) is 0 Å². The molecule has 8 nitrogen and oxygen atoms in total. The second-order valence-corrected chi connectivity index (χ2v) is 10.4. The molecule has 0 bridgehead atoms. The van der Waals surface area contributed by atoms with Gasteiger partial charge in [0, 0.05) is 31.3 Å². The molecule has 1 saturated carbocycles. The molecule has 198 valence electrons. The molecule has 1 aromatic carbocycles. The Hall–Kier alpha value is -2.52. The number of methoxy groups -OCH3 is 1. The van der Waals surface area contributed by atoms with E-state index in [0.29, 0.717) is 47.8 Å². The Kier molecular flexibility index (Phi) is 11.8. The van der Waals surface area contributed by atoms with Crippen LogP contribution in [0.15, 0.2) is 28.9 Å². The highest BCUT2D eigenvalue weighted by Gasteiger charge is 2.27. The van der Waals surface area contributed by atoms with Gasteiger partial charge in [0.2, 0.25) is 5.95 Å². The number of amides is 1. The summed E-state index contributed by atoms with van der Waals surface area (Å²) in [6.45, 7) is 3.01. The van der Waals surface area contributed by atoms with Crippen LogP contribution in [0.5, 0.6) is 5.75 Å². The Morgan fingerprint density at radius 2 is 1.92 bits per heavy atom. The summed E-state index contributed by atoms with van der Waals surface area (Å²) in [4.78, 5) is 35.4. The van der Waals surface area contributed by atoms with Crippen LogP contribution in [0.2, 0.25) is 0 Å². The third kappa shape index (κ3) is 8.55. The van der Waals surface area contributed by atoms with E-state index in [1.54, 1.807) is 38.4 Å². The van der Waals surface area contributed by atoms with E-state index in [0.717, 1.165) is 36.0 Å². The predicted octanol–water partition coefficient (Wildman–Crippen LogP) is 5.25. The average Bonchev–Trinajstić information content (AvgIpc) is 2.82. The van der Waals surface area contributed by atoms with Crippen LogP contribution in [0.25, 0.3) is 0 Å². The van der Waals surface area contributed by atoms with Crippen LogP contribution in [0.3, 0.4) is 0 Å². The van der Waals surface area contributed by atoms with E-state index < -0.39 is 0 Å². The van der Waals surface area contributed by atoms with Gasteiger partial charge in [-0.25, -0.2) is 9.97 Å². The molecule has 1 amide bonds. The van der Waals surface area contributed by atoms with Crippen LogP contribution in [-0.2, 0) is 11.2 Å². The Morgan fingerprint density at radius 1 is 1.19 bits per heavy atom. The first kappa shape index (κ1) is 29.7. The summed E-state index contributed by atoms with van der Waals surface area (Å²) < 4.78 is 6.40. The quantitative estimate of drug-likeness (QED) is 0.386. The number of nitrogens with one attached hydrogen (secondary N) is 2. The maximum absolute atomic E-state index is 12.5. The molecule has 1 heterocycles. The van der Waals surface area contributed by atoms with E-state index >= 15 is 0 Å². The van der Waals surface area contributed by atoms with E-state index in [-0.39, 0.29) is 19.1 Å². The zero-order valence-corrected chi connectivity index (χ0v) is 22.7. The molecule has 36 heavy (non-hydrogen) atoms. The van der Waals surface area contributed by atoms with Crippen molar-refractivity contribution in [2.75, 3.05) is 39.6 Å². The zero-order valence-electron chi connectivity index (χ0n) is 21.1. The maximum atomic E-state index is 12.5. The summed E-state index contributed by atoms with van der Waals surface area (Å²) in [5, 5.41) is 6.15. The number of halogens is 1. The molecule has 2 atom stereocenters. The summed E-state index contributed by atoms with van der Waals surface area (Å²) >= 11 is 3.60. The number of nitrogens with zero attached hydrogens (tertiary/aromatic N) is 3. The van der Waals surface area contributed by atoms with Crippen molar-refractivity contribution in [1.29, 1.82) is 0 Å². The van der Waals surface area contributed by atoms with E-state index in [4.69, 9.17) is 9.72 Å². The van der Waals surface area contributed by atoms with Crippen LogP contribution < -0.4 is 15.4 Å². The number of hydrogen-bond acceptors (Lipinski definition) is 7. The first-order valence-electron chi connectivity index (χ1n) is 12.2. The fourth-order valence-electron chi connectivity index (χ4n) is 4.60. The molecule has 3 rings (SSSR count). The van der Waals surface area contributed by atoms with Crippen molar-refractivity contribution in [3.8, 4) is 5.75 Å². The lowest BCUT2D eigenvalue weighted by atomic mass is 9.75. The number of aromatic nitrogens is 2. The number of ether oxygens (including phenoxy) is 1. The largest absolute Gasteiger partial charge is 0.495 e. The van der Waals surface area contributed by atoms with Crippen molar-refractivity contribution >= 4 is 39.3 Å². The van der Waals surface area contributed by atoms with Crippen molar-refractivity contribution in [1.82, 2.24) is 20.2 Å². The molecular formula is C27H40BrN5O3. The highest BCUT2D eigenvalue weighted by atomic mass is 79.9. The summed E-state index contributed by atoms with van der Waals surface area (Å²) in [7, 11) is 5.50. The molecule has 0 saturated heterocycles. The van der Waals surface area contributed by atoms with Gasteiger partial charge in [-0.05, 0) is 86.2 Å². The number of benzene rings is 1. The van der Waals surface area contributed by atoms with Crippen LogP contribution >= 0.6 is 15.9 Å². The van der Waals surface area contributed by atoms with Crippen LogP contribution in [-0.4, -0.2) is 60.9 Å². The minimum atomic E-state index is -0.147. The lowest BCUT2D eigenvalue weighted by Gasteiger charge is -2.31. The fraction of sp³-hybridized carbons (Fsp3) is 0.556. The first-order chi connectivity index (χ1) is 16.8. The van der Waals surface area contributed by atoms with Gasteiger partial charge >= 0.3 is 0 Å². The number of rotatable bonds is 11. The molecule has 1 aliphatic carbocycles. The SMILES string of the molecule is C.COc1cc(C(=O)NCCN(C)C)ccc1Nc1ncc(Br)c(C[C@@H]2CCCC[C@H]2CC(C)=O)n1. The Morgan fingerprint density at radius 3 is 2.58 bits per heavy atom. The lowest BCUT2D eigenvalue weighted by molar-refractivity contribution is -0.118. The highest BCUT2D eigenvalue weighted by Crippen LogP contribution is 2.36. The van der Waals surface area contributed by atoms with Crippen molar-refractivity contribution < 1.29 is 14.3 Å². The number of Topliss-reactive ketones (excluding diaryl/α,β-unsaturated/α-hetero) is 1. The van der Waals surface area contributed by atoms with Gasteiger partial charge in [0.1, 0.15) is 11.5 Å². The van der Waals surface area contributed by atoms with E-state index in [1.807, 2.05) is 19.0 Å². The Labute approximate surface area is 223 Å². The monoisotopic (exact) mass is 561 g/mol. The maximum Gasteiger partial charge on any atom is 0.251 e. The molecule has 9 heteroatoms. The second kappa shape index (κ2) is 14.3.